The van der Waals surface area contributed by atoms with E-state index in [1.54, 1.807) is 4.90 Å². The first kappa shape index (κ1) is 22.8. The molecule has 4 aliphatic heterocycles. The highest BCUT2D eigenvalue weighted by molar-refractivity contribution is 7.89. The van der Waals surface area contributed by atoms with Crippen LogP contribution in [0.3, 0.4) is 0 Å². The number of halogens is 2. The fourth-order valence-electron chi connectivity index (χ4n) is 5.26. The Hall–Kier alpha value is -1.95. The van der Waals surface area contributed by atoms with Crippen molar-refractivity contribution in [2.75, 3.05) is 45.9 Å². The van der Waals surface area contributed by atoms with Crippen molar-refractivity contribution in [3.05, 3.63) is 29.0 Å². The van der Waals surface area contributed by atoms with Crippen LogP contribution in [0.1, 0.15) is 19.3 Å². The number of fused-ring (bicyclic) bond motifs is 1. The summed E-state index contributed by atoms with van der Waals surface area (Å²) in [5, 5.41) is 2.78. The standard InChI is InChI=1S/C21H26ClFN4O5S/c22-15-9-14(23)1-2-18(15)33(30,31)27-12-21(13-27)4-7-25(8-5-21)20(29)26-6-3-17-16(10-26)24-19(28)11-32-17/h1-2,9,16-17H,3-8,10-13H2,(H,24,28)/t16-,17+/m1/s1. The van der Waals surface area contributed by atoms with Crippen molar-refractivity contribution in [2.24, 2.45) is 5.41 Å². The lowest BCUT2D eigenvalue weighted by Gasteiger charge is -2.53. The number of nitrogens with zero attached hydrogens (tertiary/aromatic N) is 3. The van der Waals surface area contributed by atoms with E-state index in [2.05, 4.69) is 5.32 Å². The number of carbonyl (C=O) groups is 2. The molecule has 0 aromatic heterocycles. The van der Waals surface area contributed by atoms with Gasteiger partial charge in [0.15, 0.2) is 0 Å². The van der Waals surface area contributed by atoms with Crippen LogP contribution < -0.4 is 5.32 Å². The number of ether oxygens (including phenoxy) is 1. The predicted octanol–water partition coefficient (Wildman–Crippen LogP) is 1.27. The first-order valence-electron chi connectivity index (χ1n) is 11.1. The Morgan fingerprint density at radius 1 is 1.18 bits per heavy atom. The number of carbonyl (C=O) groups excluding carboxylic acids is 2. The number of morpholine rings is 1. The Labute approximate surface area is 196 Å². The Kier molecular flexibility index (Phi) is 5.79. The molecule has 1 aromatic rings. The summed E-state index contributed by atoms with van der Waals surface area (Å²) in [6.45, 7) is 2.92. The minimum atomic E-state index is -3.79. The van der Waals surface area contributed by atoms with Gasteiger partial charge in [-0.25, -0.2) is 17.6 Å². The number of sulfonamides is 1. The number of likely N-dealkylation sites (tertiary alicyclic amines) is 2. The van der Waals surface area contributed by atoms with Crippen molar-refractivity contribution in [3.63, 3.8) is 0 Å². The van der Waals surface area contributed by atoms with Crippen LogP contribution in [0.25, 0.3) is 0 Å². The van der Waals surface area contributed by atoms with Gasteiger partial charge in [0, 0.05) is 44.7 Å². The number of nitrogens with one attached hydrogen (secondary N) is 1. The summed E-state index contributed by atoms with van der Waals surface area (Å²) in [5.41, 5.74) is -0.158. The normalized spacial score (nSPS) is 27.6. The van der Waals surface area contributed by atoms with Crippen LogP contribution in [-0.4, -0.2) is 92.5 Å². The maximum absolute atomic E-state index is 13.3. The van der Waals surface area contributed by atoms with Gasteiger partial charge < -0.3 is 19.9 Å². The van der Waals surface area contributed by atoms with Crippen molar-refractivity contribution in [1.29, 1.82) is 0 Å². The minimum absolute atomic E-state index is 0.0473. The highest BCUT2D eigenvalue weighted by Crippen LogP contribution is 2.44. The second kappa shape index (κ2) is 8.37. The molecular weight excluding hydrogens is 475 g/mol. The van der Waals surface area contributed by atoms with Crippen LogP contribution in [0, 0.1) is 11.2 Å². The molecule has 1 aromatic carbocycles. The van der Waals surface area contributed by atoms with E-state index < -0.39 is 15.8 Å². The fraction of sp³-hybridized carbons (Fsp3) is 0.619. The monoisotopic (exact) mass is 500 g/mol. The third-order valence-electron chi connectivity index (χ3n) is 7.22. The molecule has 33 heavy (non-hydrogen) atoms. The van der Waals surface area contributed by atoms with E-state index in [4.69, 9.17) is 16.3 Å². The average Bonchev–Trinajstić information content (AvgIpc) is 2.76. The molecule has 1 spiro atoms. The van der Waals surface area contributed by atoms with Crippen LogP contribution in [0.5, 0.6) is 0 Å². The number of amides is 3. The minimum Gasteiger partial charge on any atom is -0.366 e. The molecule has 1 N–H and O–H groups in total. The third kappa shape index (κ3) is 4.20. The molecule has 4 saturated heterocycles. The lowest BCUT2D eigenvalue weighted by Crippen LogP contribution is -2.64. The molecule has 4 heterocycles. The van der Waals surface area contributed by atoms with Gasteiger partial charge in [-0.3, -0.25) is 4.79 Å². The summed E-state index contributed by atoms with van der Waals surface area (Å²) < 4.78 is 46.0. The van der Waals surface area contributed by atoms with E-state index in [-0.39, 0.29) is 46.0 Å². The lowest BCUT2D eigenvalue weighted by molar-refractivity contribution is -0.139. The Bertz CT molecular complexity index is 1070. The lowest BCUT2D eigenvalue weighted by atomic mass is 9.73. The summed E-state index contributed by atoms with van der Waals surface area (Å²) in [5.74, 6) is -0.740. The van der Waals surface area contributed by atoms with Crippen molar-refractivity contribution in [1.82, 2.24) is 19.4 Å². The number of hydrogen-bond acceptors (Lipinski definition) is 5. The molecular formula is C21H26ClFN4O5S. The predicted molar refractivity (Wildman–Crippen MR) is 117 cm³/mol. The zero-order valence-corrected chi connectivity index (χ0v) is 19.6. The molecule has 9 nitrogen and oxygen atoms in total. The van der Waals surface area contributed by atoms with Gasteiger partial charge in [0.25, 0.3) is 0 Å². The van der Waals surface area contributed by atoms with Crippen LogP contribution in [0.2, 0.25) is 5.02 Å². The molecule has 5 rings (SSSR count). The number of piperidine rings is 2. The second-order valence-corrected chi connectivity index (χ2v) is 11.7. The summed E-state index contributed by atoms with van der Waals surface area (Å²) in [7, 11) is -3.79. The molecule has 0 bridgehead atoms. The Balaban J connectivity index is 1.16. The maximum Gasteiger partial charge on any atom is 0.320 e. The van der Waals surface area contributed by atoms with Crippen molar-refractivity contribution in [2.45, 2.75) is 36.3 Å². The average molecular weight is 501 g/mol. The fourth-order valence-corrected chi connectivity index (χ4v) is 7.43. The molecule has 4 aliphatic rings. The quantitative estimate of drug-likeness (QED) is 0.659. The van der Waals surface area contributed by atoms with Gasteiger partial charge in [0.1, 0.15) is 17.3 Å². The van der Waals surface area contributed by atoms with Crippen LogP contribution in [-0.2, 0) is 19.6 Å². The topological polar surface area (TPSA) is 99.3 Å². The van der Waals surface area contributed by atoms with E-state index in [0.717, 1.165) is 12.1 Å². The van der Waals surface area contributed by atoms with Gasteiger partial charge in [-0.05, 0) is 37.5 Å². The molecule has 0 unspecified atom stereocenters. The number of benzene rings is 1. The zero-order chi connectivity index (χ0) is 23.4. The number of urea groups is 1. The van der Waals surface area contributed by atoms with Gasteiger partial charge in [-0.1, -0.05) is 11.6 Å². The van der Waals surface area contributed by atoms with Crippen LogP contribution in [0.15, 0.2) is 23.1 Å². The van der Waals surface area contributed by atoms with Gasteiger partial charge in [0.2, 0.25) is 15.9 Å². The van der Waals surface area contributed by atoms with E-state index in [1.807, 2.05) is 4.90 Å². The Morgan fingerprint density at radius 3 is 2.61 bits per heavy atom. The van der Waals surface area contributed by atoms with Gasteiger partial charge >= 0.3 is 6.03 Å². The first-order chi connectivity index (χ1) is 15.7. The molecule has 3 amide bonds. The molecule has 12 heteroatoms. The number of rotatable bonds is 2. The molecule has 180 valence electrons. The van der Waals surface area contributed by atoms with Crippen LogP contribution >= 0.6 is 11.6 Å². The maximum atomic E-state index is 13.3. The van der Waals surface area contributed by atoms with Crippen molar-refractivity contribution < 1.29 is 27.1 Å². The van der Waals surface area contributed by atoms with Gasteiger partial charge in [-0.15, -0.1) is 0 Å². The van der Waals surface area contributed by atoms with E-state index >= 15 is 0 Å². The molecule has 0 radical (unpaired) electrons. The van der Waals surface area contributed by atoms with E-state index in [9.17, 15) is 22.4 Å². The summed E-state index contributed by atoms with van der Waals surface area (Å²) in [4.78, 5) is 28.1. The second-order valence-electron chi connectivity index (χ2n) is 9.38. The van der Waals surface area contributed by atoms with Gasteiger partial charge in [-0.2, -0.15) is 4.31 Å². The van der Waals surface area contributed by atoms with Gasteiger partial charge in [0.05, 0.1) is 17.2 Å². The highest BCUT2D eigenvalue weighted by atomic mass is 35.5. The Morgan fingerprint density at radius 2 is 1.91 bits per heavy atom. The first-order valence-corrected chi connectivity index (χ1v) is 12.9. The highest BCUT2D eigenvalue weighted by Gasteiger charge is 2.50. The zero-order valence-electron chi connectivity index (χ0n) is 18.0. The SMILES string of the molecule is O=C1CO[C@H]2CCN(C(=O)N3CCC4(CC3)CN(S(=O)(=O)c3ccc(F)cc3Cl)C4)C[C@H]2N1. The summed E-state index contributed by atoms with van der Waals surface area (Å²) in [6.07, 6.45) is 2.06. The van der Waals surface area contributed by atoms with E-state index in [0.29, 0.717) is 58.5 Å². The summed E-state index contributed by atoms with van der Waals surface area (Å²) >= 11 is 5.97. The molecule has 2 atom stereocenters. The molecule has 0 saturated carbocycles. The van der Waals surface area contributed by atoms with E-state index in [1.165, 1.54) is 10.4 Å². The molecule has 0 aliphatic carbocycles. The number of hydrogen-bond donors (Lipinski definition) is 1. The van der Waals surface area contributed by atoms with Crippen LogP contribution in [0.4, 0.5) is 9.18 Å². The summed E-state index contributed by atoms with van der Waals surface area (Å²) in [6, 6.07) is 3.06. The smallest absolute Gasteiger partial charge is 0.320 e. The van der Waals surface area contributed by atoms with Crippen molar-refractivity contribution in [3.8, 4) is 0 Å². The largest absolute Gasteiger partial charge is 0.366 e. The third-order valence-corrected chi connectivity index (χ3v) is 9.50. The molecule has 4 fully saturated rings. The van der Waals surface area contributed by atoms with Crippen molar-refractivity contribution >= 4 is 33.6 Å².